The number of rotatable bonds is 6. The number of nitrogens with zero attached hydrogens (tertiary/aromatic N) is 1. The third-order valence-electron chi connectivity index (χ3n) is 5.89. The van der Waals surface area contributed by atoms with Gasteiger partial charge in [0, 0.05) is 24.6 Å². The van der Waals surface area contributed by atoms with Crippen LogP contribution in [0.3, 0.4) is 0 Å². The van der Waals surface area contributed by atoms with Crippen LogP contribution in [-0.2, 0) is 19.1 Å². The molecule has 2 aliphatic heterocycles. The summed E-state index contributed by atoms with van der Waals surface area (Å²) in [7, 11) is 0. The van der Waals surface area contributed by atoms with Gasteiger partial charge in [0.2, 0.25) is 0 Å². The maximum atomic E-state index is 12.8. The minimum Gasteiger partial charge on any atom is -0.478 e. The highest BCUT2D eigenvalue weighted by Crippen LogP contribution is 2.46. The van der Waals surface area contributed by atoms with Crippen LogP contribution in [0.25, 0.3) is 0 Å². The highest BCUT2D eigenvalue weighted by Gasteiger charge is 2.46. The molecule has 2 aromatic carbocycles. The van der Waals surface area contributed by atoms with Gasteiger partial charge in [0.05, 0.1) is 5.92 Å². The summed E-state index contributed by atoms with van der Waals surface area (Å²) in [5, 5.41) is 15.6. The molecule has 2 N–H and O–H groups in total. The van der Waals surface area contributed by atoms with E-state index in [0.717, 1.165) is 25.2 Å². The molecule has 7 nitrogen and oxygen atoms in total. The first-order valence-electron chi connectivity index (χ1n) is 11.1. The van der Waals surface area contributed by atoms with Crippen LogP contribution >= 0.6 is 0 Å². The smallest absolute Gasteiger partial charge is 0.328 e. The Morgan fingerprint density at radius 3 is 1.88 bits per heavy atom. The molecule has 0 bridgehead atoms. The first kappa shape index (κ1) is 24.2. The lowest BCUT2D eigenvalue weighted by atomic mass is 9.81. The van der Waals surface area contributed by atoms with E-state index in [1.807, 2.05) is 24.3 Å². The maximum absolute atomic E-state index is 12.8. The van der Waals surface area contributed by atoms with Gasteiger partial charge in [0.15, 0.2) is 0 Å². The fourth-order valence-electron chi connectivity index (χ4n) is 4.39. The summed E-state index contributed by atoms with van der Waals surface area (Å²) in [6.07, 6.45) is 4.70. The van der Waals surface area contributed by atoms with Crippen molar-refractivity contribution in [3.05, 3.63) is 83.9 Å². The van der Waals surface area contributed by atoms with Crippen LogP contribution in [0, 0.1) is 5.92 Å². The SMILES string of the molecule is O=C(O)/C=C/C(=O)O.O=C1O[C@H](c2ccccc2)[C@H](c2ccccc2)[C@@H]1CN1CCCCC1. The predicted molar refractivity (Wildman–Crippen MR) is 123 cm³/mol. The molecule has 2 fully saturated rings. The molecular weight excluding hydrogens is 422 g/mol. The van der Waals surface area contributed by atoms with Gasteiger partial charge in [-0.25, -0.2) is 9.59 Å². The van der Waals surface area contributed by atoms with Crippen LogP contribution in [0.15, 0.2) is 72.8 Å². The second kappa shape index (κ2) is 12.0. The number of piperidine rings is 1. The molecule has 0 spiro atoms. The molecule has 2 saturated heterocycles. The van der Waals surface area contributed by atoms with Crippen molar-refractivity contribution in [3.63, 3.8) is 0 Å². The fourth-order valence-corrected chi connectivity index (χ4v) is 4.39. The van der Waals surface area contributed by atoms with Gasteiger partial charge in [-0.3, -0.25) is 4.79 Å². The molecule has 7 heteroatoms. The Bertz CT molecular complexity index is 937. The van der Waals surface area contributed by atoms with Crippen LogP contribution in [0.4, 0.5) is 0 Å². The van der Waals surface area contributed by atoms with E-state index >= 15 is 0 Å². The molecule has 2 heterocycles. The normalized spacial score (nSPS) is 22.9. The average molecular weight is 452 g/mol. The summed E-state index contributed by atoms with van der Waals surface area (Å²) < 4.78 is 5.90. The van der Waals surface area contributed by atoms with Gasteiger partial charge in [0.1, 0.15) is 6.10 Å². The van der Waals surface area contributed by atoms with Gasteiger partial charge in [-0.05, 0) is 37.1 Å². The monoisotopic (exact) mass is 451 g/mol. The van der Waals surface area contributed by atoms with Crippen molar-refractivity contribution in [2.24, 2.45) is 5.92 Å². The molecule has 0 saturated carbocycles. The Balaban J connectivity index is 0.000000331. The third kappa shape index (κ3) is 7.02. The molecule has 3 atom stereocenters. The number of cyclic esters (lactones) is 1. The number of ether oxygens (including phenoxy) is 1. The molecule has 2 aliphatic rings. The van der Waals surface area contributed by atoms with Crippen LogP contribution in [-0.4, -0.2) is 52.7 Å². The molecule has 0 amide bonds. The zero-order valence-corrected chi connectivity index (χ0v) is 18.4. The molecule has 0 aliphatic carbocycles. The van der Waals surface area contributed by atoms with Gasteiger partial charge >= 0.3 is 17.9 Å². The van der Waals surface area contributed by atoms with Gasteiger partial charge in [-0.15, -0.1) is 0 Å². The average Bonchev–Trinajstić information content (AvgIpc) is 3.16. The molecule has 174 valence electrons. The zero-order valence-electron chi connectivity index (χ0n) is 18.4. The van der Waals surface area contributed by atoms with Crippen LogP contribution in [0.5, 0.6) is 0 Å². The molecule has 4 rings (SSSR count). The lowest BCUT2D eigenvalue weighted by Gasteiger charge is -2.30. The van der Waals surface area contributed by atoms with Crippen molar-refractivity contribution in [1.82, 2.24) is 4.90 Å². The summed E-state index contributed by atoms with van der Waals surface area (Å²) in [6, 6.07) is 20.6. The number of carboxylic acid groups (broad SMARTS) is 2. The number of esters is 1. The number of likely N-dealkylation sites (tertiary alicyclic amines) is 1. The molecule has 2 aromatic rings. The van der Waals surface area contributed by atoms with Crippen LogP contribution in [0.2, 0.25) is 0 Å². The largest absolute Gasteiger partial charge is 0.478 e. The van der Waals surface area contributed by atoms with Gasteiger partial charge in [0.25, 0.3) is 0 Å². The van der Waals surface area contributed by atoms with E-state index in [1.54, 1.807) is 0 Å². The Kier molecular flexibility index (Phi) is 8.78. The number of aliphatic carboxylic acids is 2. The van der Waals surface area contributed by atoms with Gasteiger partial charge in [-0.2, -0.15) is 0 Å². The second-order valence-electron chi connectivity index (χ2n) is 8.18. The second-order valence-corrected chi connectivity index (χ2v) is 8.18. The quantitative estimate of drug-likeness (QED) is 0.507. The molecule has 33 heavy (non-hydrogen) atoms. The van der Waals surface area contributed by atoms with Crippen LogP contribution < -0.4 is 0 Å². The van der Waals surface area contributed by atoms with E-state index in [1.165, 1.54) is 24.8 Å². The number of carbonyl (C=O) groups is 3. The number of hydrogen-bond donors (Lipinski definition) is 2. The molecular formula is C26H29NO6. The summed E-state index contributed by atoms with van der Waals surface area (Å²) in [6.45, 7) is 3.00. The Morgan fingerprint density at radius 2 is 1.36 bits per heavy atom. The predicted octanol–water partition coefficient (Wildman–Crippen LogP) is 3.88. The summed E-state index contributed by atoms with van der Waals surface area (Å²) in [5.74, 6) is -2.57. The van der Waals surface area contributed by atoms with Crippen LogP contribution in [0.1, 0.15) is 42.4 Å². The standard InChI is InChI=1S/C22H25NO2.C4H4O4/c24-22-19(16-23-14-8-3-9-15-23)20(17-10-4-1-5-11-17)21(25-22)18-12-6-2-7-13-18;5-3(6)1-2-4(7)8/h1-2,4-7,10-13,19-21H,3,8-9,14-16H2;1-2H,(H,5,6)(H,7,8)/b;2-1+/t19-,20+,21+;/m0./s1. The van der Waals surface area contributed by atoms with Crippen molar-refractivity contribution in [2.45, 2.75) is 31.3 Å². The van der Waals surface area contributed by atoms with E-state index < -0.39 is 11.9 Å². The minimum atomic E-state index is -1.26. The first-order valence-corrected chi connectivity index (χ1v) is 11.1. The Hall–Kier alpha value is -3.45. The third-order valence-corrected chi connectivity index (χ3v) is 5.89. The first-order chi connectivity index (χ1) is 16.0. The van der Waals surface area contributed by atoms with Crippen molar-refractivity contribution in [3.8, 4) is 0 Å². The number of benzene rings is 2. The fraction of sp³-hybridized carbons (Fsp3) is 0.346. The summed E-state index contributed by atoms with van der Waals surface area (Å²) >= 11 is 0. The van der Waals surface area contributed by atoms with Gasteiger partial charge in [-0.1, -0.05) is 67.1 Å². The Morgan fingerprint density at radius 1 is 0.848 bits per heavy atom. The molecule has 0 unspecified atom stereocenters. The number of carboxylic acids is 2. The van der Waals surface area contributed by atoms with Crippen molar-refractivity contribution in [2.75, 3.05) is 19.6 Å². The lowest BCUT2D eigenvalue weighted by Crippen LogP contribution is -2.37. The van der Waals surface area contributed by atoms with Crippen molar-refractivity contribution in [1.29, 1.82) is 0 Å². The summed E-state index contributed by atoms with van der Waals surface area (Å²) in [4.78, 5) is 34.3. The van der Waals surface area contributed by atoms with Crippen molar-refractivity contribution >= 4 is 17.9 Å². The zero-order chi connectivity index (χ0) is 23.6. The number of hydrogen-bond acceptors (Lipinski definition) is 5. The van der Waals surface area contributed by atoms with E-state index in [2.05, 4.69) is 41.3 Å². The van der Waals surface area contributed by atoms with E-state index in [-0.39, 0.29) is 23.9 Å². The van der Waals surface area contributed by atoms with Crippen molar-refractivity contribution < 1.29 is 29.3 Å². The molecule has 0 radical (unpaired) electrons. The topological polar surface area (TPSA) is 104 Å². The van der Waals surface area contributed by atoms with E-state index in [9.17, 15) is 14.4 Å². The highest BCUT2D eigenvalue weighted by atomic mass is 16.6. The summed E-state index contributed by atoms with van der Waals surface area (Å²) in [5.41, 5.74) is 2.29. The highest BCUT2D eigenvalue weighted by molar-refractivity contribution is 5.89. The lowest BCUT2D eigenvalue weighted by molar-refractivity contribution is -0.145. The minimum absolute atomic E-state index is 0.0479. The van der Waals surface area contributed by atoms with Gasteiger partial charge < -0.3 is 19.8 Å². The van der Waals surface area contributed by atoms with E-state index in [4.69, 9.17) is 14.9 Å². The van der Waals surface area contributed by atoms with E-state index in [0.29, 0.717) is 12.2 Å². The number of carbonyl (C=O) groups excluding carboxylic acids is 1. The maximum Gasteiger partial charge on any atom is 0.328 e. The molecule has 0 aromatic heterocycles. The Labute approximate surface area is 193 Å².